The normalized spacial score (nSPS) is 9.75. The highest BCUT2D eigenvalue weighted by atomic mass is 79.9. The highest BCUT2D eigenvalue weighted by molar-refractivity contribution is 9.10. The van der Waals surface area contributed by atoms with Gasteiger partial charge in [0.25, 0.3) is 0 Å². The largest absolute Gasteiger partial charge is 0.380 e. The number of rotatable bonds is 3. The Morgan fingerprint density at radius 2 is 1.94 bits per heavy atom. The predicted octanol–water partition coefficient (Wildman–Crippen LogP) is 3.99. The third-order valence-corrected chi connectivity index (χ3v) is 3.60. The molecule has 1 aromatic heterocycles. The number of nitrogens with one attached hydrogen (secondary N) is 1. The lowest BCUT2D eigenvalue weighted by Crippen LogP contribution is -1.96. The third kappa shape index (κ3) is 2.84. The number of halogens is 1. The number of benzene rings is 1. The average Bonchev–Trinajstić information content (AvgIpc) is 2.76. The molecule has 0 bridgehead atoms. The van der Waals surface area contributed by atoms with Gasteiger partial charge in [0.05, 0.1) is 0 Å². The van der Waals surface area contributed by atoms with Gasteiger partial charge in [-0.15, -0.1) is 11.3 Å². The molecule has 0 unspecified atom stereocenters. The van der Waals surface area contributed by atoms with Gasteiger partial charge in [0.15, 0.2) is 0 Å². The fraction of sp³-hybridized carbons (Fsp3) is 0.0833. The summed E-state index contributed by atoms with van der Waals surface area (Å²) in [6.07, 6.45) is 0. The van der Waals surface area contributed by atoms with Gasteiger partial charge in [-0.3, -0.25) is 0 Å². The van der Waals surface area contributed by atoms with Crippen molar-refractivity contribution in [1.82, 2.24) is 0 Å². The Hall–Kier alpha value is -1.31. The molecule has 4 heteroatoms. The molecular formula is C12H9BrN2S. The van der Waals surface area contributed by atoms with Crippen molar-refractivity contribution in [1.29, 1.82) is 5.26 Å². The van der Waals surface area contributed by atoms with E-state index in [-0.39, 0.29) is 0 Å². The summed E-state index contributed by atoms with van der Waals surface area (Å²) in [7, 11) is 0. The second-order valence-electron chi connectivity index (χ2n) is 3.24. The lowest BCUT2D eigenvalue weighted by Gasteiger charge is -2.04. The number of hydrogen-bond acceptors (Lipinski definition) is 3. The number of thiophene rings is 1. The molecule has 16 heavy (non-hydrogen) atoms. The van der Waals surface area contributed by atoms with Crippen LogP contribution in [0.5, 0.6) is 0 Å². The maximum absolute atomic E-state index is 8.70. The summed E-state index contributed by atoms with van der Waals surface area (Å²) in [6.45, 7) is 0.758. The topological polar surface area (TPSA) is 35.8 Å². The van der Waals surface area contributed by atoms with Crippen molar-refractivity contribution in [2.45, 2.75) is 6.54 Å². The Labute approximate surface area is 107 Å². The molecular weight excluding hydrogens is 284 g/mol. The fourth-order valence-corrected chi connectivity index (χ4v) is 2.30. The fourth-order valence-electron chi connectivity index (χ4n) is 1.29. The second-order valence-corrected chi connectivity index (χ2v) is 5.32. The second kappa shape index (κ2) is 5.15. The molecule has 0 atom stereocenters. The van der Waals surface area contributed by atoms with E-state index in [0.29, 0.717) is 0 Å². The van der Waals surface area contributed by atoms with Crippen molar-refractivity contribution in [3.05, 3.63) is 50.6 Å². The Morgan fingerprint density at radius 1 is 1.19 bits per heavy atom. The maximum Gasteiger partial charge on any atom is 0.110 e. The molecule has 80 valence electrons. The summed E-state index contributed by atoms with van der Waals surface area (Å²) in [5, 5.41) is 12.0. The molecule has 2 rings (SSSR count). The SMILES string of the molecule is N#Cc1ccc(CNc2ccc(Br)cc2)s1. The summed E-state index contributed by atoms with van der Waals surface area (Å²) >= 11 is 4.91. The predicted molar refractivity (Wildman–Crippen MR) is 70.5 cm³/mol. The summed E-state index contributed by atoms with van der Waals surface area (Å²) in [5.74, 6) is 0. The van der Waals surface area contributed by atoms with Crippen LogP contribution in [0.15, 0.2) is 40.9 Å². The van der Waals surface area contributed by atoms with Crippen LogP contribution in [0.4, 0.5) is 5.69 Å². The van der Waals surface area contributed by atoms with Gasteiger partial charge in [-0.1, -0.05) is 15.9 Å². The first-order chi connectivity index (χ1) is 7.78. The van der Waals surface area contributed by atoms with E-state index in [0.717, 1.165) is 21.6 Å². The number of anilines is 1. The minimum atomic E-state index is 0.757. The van der Waals surface area contributed by atoms with E-state index in [9.17, 15) is 0 Å². The molecule has 1 N–H and O–H groups in total. The van der Waals surface area contributed by atoms with E-state index in [1.807, 2.05) is 36.4 Å². The van der Waals surface area contributed by atoms with Gasteiger partial charge < -0.3 is 5.32 Å². The third-order valence-electron chi connectivity index (χ3n) is 2.08. The van der Waals surface area contributed by atoms with E-state index in [1.54, 1.807) is 0 Å². The van der Waals surface area contributed by atoms with Crippen LogP contribution in [-0.2, 0) is 6.54 Å². The smallest absolute Gasteiger partial charge is 0.110 e. The molecule has 0 amide bonds. The molecule has 0 spiro atoms. The van der Waals surface area contributed by atoms with Crippen LogP contribution in [0.1, 0.15) is 9.75 Å². The van der Waals surface area contributed by atoms with Crippen LogP contribution in [-0.4, -0.2) is 0 Å². The van der Waals surface area contributed by atoms with Crippen LogP contribution < -0.4 is 5.32 Å². The summed E-state index contributed by atoms with van der Waals surface area (Å²) in [5.41, 5.74) is 1.08. The van der Waals surface area contributed by atoms with E-state index >= 15 is 0 Å². The zero-order chi connectivity index (χ0) is 11.4. The number of nitriles is 1. The average molecular weight is 293 g/mol. The van der Waals surface area contributed by atoms with Gasteiger partial charge in [0.2, 0.25) is 0 Å². The Bertz CT molecular complexity index is 511. The molecule has 2 aromatic rings. The summed E-state index contributed by atoms with van der Waals surface area (Å²) in [4.78, 5) is 1.92. The van der Waals surface area contributed by atoms with Gasteiger partial charge in [-0.25, -0.2) is 0 Å². The zero-order valence-corrected chi connectivity index (χ0v) is 10.8. The maximum atomic E-state index is 8.70. The van der Waals surface area contributed by atoms with E-state index < -0.39 is 0 Å². The minimum absolute atomic E-state index is 0.757. The standard InChI is InChI=1S/C12H9BrN2S/c13-9-1-3-10(4-2-9)15-8-12-6-5-11(7-14)16-12/h1-6,15H,8H2. The quantitative estimate of drug-likeness (QED) is 0.928. The molecule has 0 aliphatic heterocycles. The summed E-state index contributed by atoms with van der Waals surface area (Å²) in [6, 6.07) is 14.0. The Kier molecular flexibility index (Phi) is 3.60. The van der Waals surface area contributed by atoms with Crippen molar-refractivity contribution in [2.24, 2.45) is 0 Å². The highest BCUT2D eigenvalue weighted by Gasteiger charge is 1.99. The first-order valence-electron chi connectivity index (χ1n) is 4.76. The molecule has 1 heterocycles. The Balaban J connectivity index is 1.97. The zero-order valence-electron chi connectivity index (χ0n) is 8.40. The molecule has 0 aliphatic rings. The molecule has 2 nitrogen and oxygen atoms in total. The van der Waals surface area contributed by atoms with E-state index in [1.165, 1.54) is 16.2 Å². The monoisotopic (exact) mass is 292 g/mol. The van der Waals surface area contributed by atoms with Gasteiger partial charge >= 0.3 is 0 Å². The van der Waals surface area contributed by atoms with E-state index in [2.05, 4.69) is 27.3 Å². The molecule has 0 saturated carbocycles. The van der Waals surface area contributed by atoms with Crippen molar-refractivity contribution in [3.63, 3.8) is 0 Å². The first kappa shape index (κ1) is 11.2. The molecule has 0 radical (unpaired) electrons. The molecule has 0 aliphatic carbocycles. The lowest BCUT2D eigenvalue weighted by molar-refractivity contribution is 1.19. The van der Waals surface area contributed by atoms with Crippen LogP contribution in [0.25, 0.3) is 0 Å². The van der Waals surface area contributed by atoms with Crippen LogP contribution >= 0.6 is 27.3 Å². The van der Waals surface area contributed by atoms with Crippen LogP contribution in [0.3, 0.4) is 0 Å². The van der Waals surface area contributed by atoms with Crippen LogP contribution in [0.2, 0.25) is 0 Å². The highest BCUT2D eigenvalue weighted by Crippen LogP contribution is 2.18. The van der Waals surface area contributed by atoms with Crippen molar-refractivity contribution in [3.8, 4) is 6.07 Å². The first-order valence-corrected chi connectivity index (χ1v) is 6.37. The number of hydrogen-bond donors (Lipinski definition) is 1. The van der Waals surface area contributed by atoms with Crippen molar-refractivity contribution < 1.29 is 0 Å². The molecule has 1 aromatic carbocycles. The van der Waals surface area contributed by atoms with Gasteiger partial charge in [-0.2, -0.15) is 5.26 Å². The minimum Gasteiger partial charge on any atom is -0.380 e. The van der Waals surface area contributed by atoms with E-state index in [4.69, 9.17) is 5.26 Å². The van der Waals surface area contributed by atoms with Gasteiger partial charge in [0, 0.05) is 21.6 Å². The lowest BCUT2D eigenvalue weighted by atomic mass is 10.3. The molecule has 0 saturated heterocycles. The van der Waals surface area contributed by atoms with Crippen LogP contribution in [0, 0.1) is 11.3 Å². The van der Waals surface area contributed by atoms with Gasteiger partial charge in [0.1, 0.15) is 10.9 Å². The Morgan fingerprint density at radius 3 is 2.56 bits per heavy atom. The number of nitrogens with zero attached hydrogens (tertiary/aromatic N) is 1. The molecule has 0 fully saturated rings. The van der Waals surface area contributed by atoms with Crippen molar-refractivity contribution >= 4 is 33.0 Å². The van der Waals surface area contributed by atoms with Gasteiger partial charge in [-0.05, 0) is 36.4 Å². The summed E-state index contributed by atoms with van der Waals surface area (Å²) < 4.78 is 1.07. The van der Waals surface area contributed by atoms with Crippen molar-refractivity contribution in [2.75, 3.05) is 5.32 Å².